The van der Waals surface area contributed by atoms with Crippen LogP contribution in [0.3, 0.4) is 0 Å². The van der Waals surface area contributed by atoms with Crippen molar-refractivity contribution in [1.82, 2.24) is 10.2 Å². The number of aliphatic imine (C=N–C) groups is 1. The summed E-state index contributed by atoms with van der Waals surface area (Å²) >= 11 is 2.00. The molecule has 3 heterocycles. The van der Waals surface area contributed by atoms with Gasteiger partial charge in [-0.15, -0.1) is 0 Å². The molecule has 0 aromatic rings. The highest BCUT2D eigenvalue weighted by Crippen LogP contribution is 2.38. The maximum atomic E-state index is 5.14. The molecular weight excluding hydrogens is 278 g/mol. The third-order valence-electron chi connectivity index (χ3n) is 6.28. The predicted molar refractivity (Wildman–Crippen MR) is 91.1 cm³/mol. The van der Waals surface area contributed by atoms with Gasteiger partial charge in [-0.05, 0) is 45.6 Å². The van der Waals surface area contributed by atoms with Crippen LogP contribution in [0.5, 0.6) is 0 Å². The Hall–Kier alpha value is -0.220. The largest absolute Gasteiger partial charge is 0.359 e. The number of hydrogen-bond donors (Lipinski definition) is 1. The van der Waals surface area contributed by atoms with Crippen molar-refractivity contribution >= 4 is 16.9 Å². The Morgan fingerprint density at radius 3 is 2.52 bits per heavy atom. The van der Waals surface area contributed by atoms with Crippen molar-refractivity contribution in [3.63, 3.8) is 0 Å². The summed E-state index contributed by atoms with van der Waals surface area (Å²) in [5.74, 6) is 1.26. The molecule has 1 spiro atoms. The van der Waals surface area contributed by atoms with E-state index >= 15 is 0 Å². The van der Waals surface area contributed by atoms with Gasteiger partial charge in [0.05, 0.1) is 6.04 Å². The first-order valence-electron chi connectivity index (χ1n) is 8.95. The van der Waals surface area contributed by atoms with Crippen molar-refractivity contribution in [3.8, 4) is 0 Å². The highest BCUT2D eigenvalue weighted by atomic mass is 32.2. The SMILES string of the molecule is CN1C2CCCC1CC(N=C1NC3(CCCCC3)CS1)C2. The van der Waals surface area contributed by atoms with Crippen molar-refractivity contribution < 1.29 is 0 Å². The minimum Gasteiger partial charge on any atom is -0.359 e. The fourth-order valence-corrected chi connectivity index (χ4v) is 6.22. The molecule has 3 saturated heterocycles. The molecule has 4 fully saturated rings. The molecule has 2 bridgehead atoms. The number of amidine groups is 1. The Bertz CT molecular complexity index is 402. The van der Waals surface area contributed by atoms with E-state index in [0.717, 1.165) is 12.1 Å². The third-order valence-corrected chi connectivity index (χ3v) is 7.46. The lowest BCUT2D eigenvalue weighted by Gasteiger charge is -2.46. The molecule has 2 unspecified atom stereocenters. The van der Waals surface area contributed by atoms with Gasteiger partial charge in [0.1, 0.15) is 0 Å². The number of piperidine rings is 2. The van der Waals surface area contributed by atoms with E-state index in [0.29, 0.717) is 11.6 Å². The second-order valence-electron chi connectivity index (χ2n) is 7.72. The molecule has 1 N–H and O–H groups in total. The van der Waals surface area contributed by atoms with E-state index in [4.69, 9.17) is 4.99 Å². The van der Waals surface area contributed by atoms with Gasteiger partial charge in [0.15, 0.2) is 5.17 Å². The molecule has 2 atom stereocenters. The summed E-state index contributed by atoms with van der Waals surface area (Å²) in [6.45, 7) is 0. The standard InChI is InChI=1S/C17H29N3S/c1-20-14-6-5-7-15(20)11-13(10-14)18-16-19-17(12-21-16)8-3-2-4-9-17/h13-15H,2-12H2,1H3,(H,18,19). The molecule has 118 valence electrons. The molecule has 4 rings (SSSR count). The molecule has 4 aliphatic rings. The molecule has 0 aromatic carbocycles. The van der Waals surface area contributed by atoms with Gasteiger partial charge in [-0.1, -0.05) is 37.4 Å². The summed E-state index contributed by atoms with van der Waals surface area (Å²) in [7, 11) is 2.33. The van der Waals surface area contributed by atoms with E-state index in [-0.39, 0.29) is 0 Å². The topological polar surface area (TPSA) is 27.6 Å². The van der Waals surface area contributed by atoms with Gasteiger partial charge in [0.2, 0.25) is 0 Å². The fraction of sp³-hybridized carbons (Fsp3) is 0.941. The number of thioether (sulfide) groups is 1. The summed E-state index contributed by atoms with van der Waals surface area (Å²) in [6.07, 6.45) is 13.7. The Morgan fingerprint density at radius 2 is 1.81 bits per heavy atom. The van der Waals surface area contributed by atoms with Crippen molar-refractivity contribution in [3.05, 3.63) is 0 Å². The van der Waals surface area contributed by atoms with Crippen LogP contribution in [0.2, 0.25) is 0 Å². The fourth-order valence-electron chi connectivity index (χ4n) is 4.93. The van der Waals surface area contributed by atoms with Crippen LogP contribution in [0.1, 0.15) is 64.2 Å². The molecule has 4 heteroatoms. The number of fused-ring (bicyclic) bond motifs is 2. The number of nitrogens with one attached hydrogen (secondary N) is 1. The summed E-state index contributed by atoms with van der Waals surface area (Å²) in [5.41, 5.74) is 0.406. The first-order chi connectivity index (χ1) is 10.2. The van der Waals surface area contributed by atoms with Gasteiger partial charge in [0.25, 0.3) is 0 Å². The van der Waals surface area contributed by atoms with E-state index in [9.17, 15) is 0 Å². The second kappa shape index (κ2) is 5.77. The minimum atomic E-state index is 0.406. The zero-order chi connectivity index (χ0) is 14.3. The van der Waals surface area contributed by atoms with Crippen molar-refractivity contribution in [2.75, 3.05) is 12.8 Å². The maximum Gasteiger partial charge on any atom is 0.157 e. The third kappa shape index (κ3) is 2.86. The Balaban J connectivity index is 1.41. The number of hydrogen-bond acceptors (Lipinski definition) is 3. The molecular formula is C17H29N3S. The summed E-state index contributed by atoms with van der Waals surface area (Å²) in [5, 5.41) is 5.10. The smallest absolute Gasteiger partial charge is 0.157 e. The molecule has 0 radical (unpaired) electrons. The normalized spacial score (nSPS) is 41.4. The average molecular weight is 308 g/mol. The molecule has 1 aliphatic carbocycles. The van der Waals surface area contributed by atoms with E-state index in [1.54, 1.807) is 0 Å². The van der Waals surface area contributed by atoms with Crippen LogP contribution in [-0.4, -0.2) is 46.5 Å². The van der Waals surface area contributed by atoms with Crippen LogP contribution in [0, 0.1) is 0 Å². The summed E-state index contributed by atoms with van der Waals surface area (Å²) < 4.78 is 0. The molecule has 0 aromatic heterocycles. The lowest BCUT2D eigenvalue weighted by Crippen LogP contribution is -2.51. The van der Waals surface area contributed by atoms with E-state index in [1.807, 2.05) is 11.8 Å². The van der Waals surface area contributed by atoms with E-state index < -0.39 is 0 Å². The number of rotatable bonds is 1. The summed E-state index contributed by atoms with van der Waals surface area (Å²) in [6, 6.07) is 2.16. The first-order valence-corrected chi connectivity index (χ1v) is 9.93. The Kier molecular flexibility index (Phi) is 3.95. The second-order valence-corrected chi connectivity index (χ2v) is 8.68. The quantitative estimate of drug-likeness (QED) is 0.804. The Morgan fingerprint density at radius 1 is 1.10 bits per heavy atom. The van der Waals surface area contributed by atoms with Crippen LogP contribution in [0.4, 0.5) is 0 Å². The first kappa shape index (κ1) is 14.4. The van der Waals surface area contributed by atoms with Crippen LogP contribution >= 0.6 is 11.8 Å². The minimum absolute atomic E-state index is 0.406. The van der Waals surface area contributed by atoms with E-state index in [1.165, 1.54) is 75.1 Å². The molecule has 3 aliphatic heterocycles. The highest BCUT2D eigenvalue weighted by Gasteiger charge is 2.40. The van der Waals surface area contributed by atoms with Crippen molar-refractivity contribution in [2.24, 2.45) is 4.99 Å². The summed E-state index contributed by atoms with van der Waals surface area (Å²) in [4.78, 5) is 7.78. The van der Waals surface area contributed by atoms with Crippen LogP contribution in [-0.2, 0) is 0 Å². The van der Waals surface area contributed by atoms with Gasteiger partial charge < -0.3 is 10.2 Å². The predicted octanol–water partition coefficient (Wildman–Crippen LogP) is 3.40. The molecule has 21 heavy (non-hydrogen) atoms. The molecule has 1 saturated carbocycles. The highest BCUT2D eigenvalue weighted by molar-refractivity contribution is 8.14. The molecule has 3 nitrogen and oxygen atoms in total. The zero-order valence-corrected chi connectivity index (χ0v) is 14.1. The van der Waals surface area contributed by atoms with Gasteiger partial charge in [-0.3, -0.25) is 4.99 Å². The van der Waals surface area contributed by atoms with Gasteiger partial charge >= 0.3 is 0 Å². The lowest BCUT2D eigenvalue weighted by atomic mass is 9.82. The zero-order valence-electron chi connectivity index (χ0n) is 13.3. The van der Waals surface area contributed by atoms with Gasteiger partial charge in [-0.25, -0.2) is 0 Å². The van der Waals surface area contributed by atoms with E-state index in [2.05, 4.69) is 17.3 Å². The molecule has 0 amide bonds. The Labute approximate surface area is 133 Å². The van der Waals surface area contributed by atoms with Crippen LogP contribution in [0.25, 0.3) is 0 Å². The lowest BCUT2D eigenvalue weighted by molar-refractivity contribution is 0.0574. The number of nitrogens with zero attached hydrogens (tertiary/aromatic N) is 2. The van der Waals surface area contributed by atoms with Crippen molar-refractivity contribution in [1.29, 1.82) is 0 Å². The van der Waals surface area contributed by atoms with Crippen molar-refractivity contribution in [2.45, 2.75) is 87.9 Å². The van der Waals surface area contributed by atoms with Crippen LogP contribution < -0.4 is 5.32 Å². The monoisotopic (exact) mass is 307 g/mol. The van der Waals surface area contributed by atoms with Gasteiger partial charge in [0, 0.05) is 23.4 Å². The average Bonchev–Trinajstić information content (AvgIpc) is 2.83. The maximum absolute atomic E-state index is 5.14. The van der Waals surface area contributed by atoms with Crippen LogP contribution in [0.15, 0.2) is 4.99 Å². The van der Waals surface area contributed by atoms with Gasteiger partial charge in [-0.2, -0.15) is 0 Å².